The van der Waals surface area contributed by atoms with Gasteiger partial charge in [-0.25, -0.2) is 0 Å². The van der Waals surface area contributed by atoms with Crippen molar-refractivity contribution in [2.24, 2.45) is 5.92 Å². The van der Waals surface area contributed by atoms with E-state index < -0.39 is 5.92 Å². The van der Waals surface area contributed by atoms with Gasteiger partial charge in [-0.05, 0) is 18.6 Å². The number of aryl methyl sites for hydroxylation is 1. The number of hydrogen-bond donors (Lipinski definition) is 2. The molecule has 0 spiro atoms. The minimum atomic E-state index is -0.394. The van der Waals surface area contributed by atoms with Gasteiger partial charge in [-0.3, -0.25) is 19.6 Å². The highest BCUT2D eigenvalue weighted by Crippen LogP contribution is 2.28. The lowest BCUT2D eigenvalue weighted by atomic mass is 10.1. The molecule has 0 bridgehead atoms. The van der Waals surface area contributed by atoms with Crippen molar-refractivity contribution >= 4 is 28.3 Å². The molecule has 1 aromatic carbocycles. The molecule has 1 saturated heterocycles. The van der Waals surface area contributed by atoms with Crippen LogP contribution in [0.15, 0.2) is 36.4 Å². The molecule has 1 aliphatic heterocycles. The van der Waals surface area contributed by atoms with E-state index in [9.17, 15) is 9.59 Å². The molecule has 8 nitrogen and oxygen atoms in total. The molecule has 3 aromatic rings. The molecule has 4 rings (SSSR count). The van der Waals surface area contributed by atoms with Crippen molar-refractivity contribution in [1.29, 1.82) is 0 Å². The van der Waals surface area contributed by atoms with Crippen LogP contribution in [0.4, 0.5) is 5.13 Å². The number of rotatable bonds is 6. The number of carbonyl (C=O) groups excluding carboxylic acids is 2. The normalized spacial score (nSPS) is 16.5. The Hall–Kier alpha value is -3.07. The van der Waals surface area contributed by atoms with Crippen molar-refractivity contribution in [2.75, 3.05) is 11.4 Å². The van der Waals surface area contributed by atoms with Gasteiger partial charge in [0.15, 0.2) is 0 Å². The summed E-state index contributed by atoms with van der Waals surface area (Å²) >= 11 is 1.39. The molecule has 144 valence electrons. The number of hydrogen-bond acceptors (Lipinski definition) is 6. The summed E-state index contributed by atoms with van der Waals surface area (Å²) in [5.74, 6) is -0.641. The Morgan fingerprint density at radius 3 is 2.89 bits per heavy atom. The van der Waals surface area contributed by atoms with Crippen molar-refractivity contribution < 1.29 is 9.59 Å². The molecule has 0 aliphatic carbocycles. The standard InChI is InChI=1S/C19H20N6O2S/c1-12-7-15(22-21-12)10-20-18(27)14-9-17(26)25(11-14)19-24-23-16(28-19)8-13-5-3-2-4-6-13/h2-7,14H,8-11H2,1H3,(H,20,27)(H,21,22). The summed E-state index contributed by atoms with van der Waals surface area (Å²) in [6.07, 6.45) is 0.854. The molecular weight excluding hydrogens is 376 g/mol. The van der Waals surface area contributed by atoms with Crippen LogP contribution in [0.1, 0.15) is 28.4 Å². The molecular formula is C19H20N6O2S. The van der Waals surface area contributed by atoms with Gasteiger partial charge in [0, 0.05) is 25.1 Å². The number of anilines is 1. The maximum Gasteiger partial charge on any atom is 0.229 e. The van der Waals surface area contributed by atoms with Crippen LogP contribution < -0.4 is 10.2 Å². The fourth-order valence-electron chi connectivity index (χ4n) is 3.15. The predicted octanol–water partition coefficient (Wildman–Crippen LogP) is 1.83. The van der Waals surface area contributed by atoms with E-state index in [0.717, 1.165) is 22.0 Å². The first-order valence-electron chi connectivity index (χ1n) is 9.04. The number of H-pyrrole nitrogens is 1. The highest BCUT2D eigenvalue weighted by Gasteiger charge is 2.36. The number of aromatic nitrogens is 4. The van der Waals surface area contributed by atoms with Gasteiger partial charge in [0.25, 0.3) is 0 Å². The van der Waals surface area contributed by atoms with Crippen LogP contribution in [0.25, 0.3) is 0 Å². The predicted molar refractivity (Wildman–Crippen MR) is 105 cm³/mol. The van der Waals surface area contributed by atoms with E-state index in [0.29, 0.717) is 24.6 Å². The molecule has 1 unspecified atom stereocenters. The van der Waals surface area contributed by atoms with Gasteiger partial charge in [0.2, 0.25) is 16.9 Å². The third kappa shape index (κ3) is 4.09. The average molecular weight is 396 g/mol. The molecule has 1 aliphatic rings. The highest BCUT2D eigenvalue weighted by atomic mass is 32.1. The summed E-state index contributed by atoms with van der Waals surface area (Å²) in [7, 11) is 0. The molecule has 3 heterocycles. The minimum Gasteiger partial charge on any atom is -0.350 e. The summed E-state index contributed by atoms with van der Waals surface area (Å²) in [6.45, 7) is 2.57. The third-order valence-electron chi connectivity index (χ3n) is 4.58. The molecule has 1 atom stereocenters. The number of nitrogens with zero attached hydrogens (tertiary/aromatic N) is 4. The monoisotopic (exact) mass is 396 g/mol. The average Bonchev–Trinajstić information content (AvgIpc) is 3.41. The Bertz CT molecular complexity index is 983. The summed E-state index contributed by atoms with van der Waals surface area (Å²) < 4.78 is 0. The summed E-state index contributed by atoms with van der Waals surface area (Å²) in [5.41, 5.74) is 2.85. The van der Waals surface area contributed by atoms with Crippen molar-refractivity contribution in [3.05, 3.63) is 58.4 Å². The Balaban J connectivity index is 1.36. The lowest BCUT2D eigenvalue weighted by Gasteiger charge is -2.12. The van der Waals surface area contributed by atoms with Crippen LogP contribution in [0.3, 0.4) is 0 Å². The highest BCUT2D eigenvalue weighted by molar-refractivity contribution is 7.15. The fraction of sp³-hybridized carbons (Fsp3) is 0.316. The Morgan fingerprint density at radius 2 is 2.14 bits per heavy atom. The van der Waals surface area contributed by atoms with Gasteiger partial charge in [0.1, 0.15) is 5.01 Å². The second-order valence-corrected chi connectivity index (χ2v) is 7.85. The summed E-state index contributed by atoms with van der Waals surface area (Å²) in [4.78, 5) is 26.4. The van der Waals surface area contributed by atoms with Crippen LogP contribution >= 0.6 is 11.3 Å². The fourth-order valence-corrected chi connectivity index (χ4v) is 4.05. The van der Waals surface area contributed by atoms with Gasteiger partial charge in [-0.1, -0.05) is 41.7 Å². The third-order valence-corrected chi connectivity index (χ3v) is 5.53. The topological polar surface area (TPSA) is 104 Å². The van der Waals surface area contributed by atoms with E-state index in [2.05, 4.69) is 25.7 Å². The molecule has 9 heteroatoms. The zero-order chi connectivity index (χ0) is 19.5. The number of amides is 2. The number of aromatic amines is 1. The summed E-state index contributed by atoms with van der Waals surface area (Å²) in [5, 5.41) is 19.5. The second-order valence-electron chi connectivity index (χ2n) is 6.81. The molecule has 2 N–H and O–H groups in total. The molecule has 0 saturated carbocycles. The Kier molecular flexibility index (Phi) is 5.16. The summed E-state index contributed by atoms with van der Waals surface area (Å²) in [6, 6.07) is 11.9. The first-order chi connectivity index (χ1) is 13.6. The van der Waals surface area contributed by atoms with Crippen molar-refractivity contribution in [1.82, 2.24) is 25.7 Å². The van der Waals surface area contributed by atoms with Crippen LogP contribution in [-0.2, 0) is 22.6 Å². The maximum absolute atomic E-state index is 12.4. The van der Waals surface area contributed by atoms with E-state index in [1.165, 1.54) is 11.3 Å². The minimum absolute atomic E-state index is 0.0989. The van der Waals surface area contributed by atoms with Gasteiger partial charge < -0.3 is 5.32 Å². The van der Waals surface area contributed by atoms with Gasteiger partial charge in [-0.2, -0.15) is 5.10 Å². The molecule has 28 heavy (non-hydrogen) atoms. The van der Waals surface area contributed by atoms with Crippen LogP contribution in [-0.4, -0.2) is 38.8 Å². The second kappa shape index (κ2) is 7.89. The Labute approximate surface area is 166 Å². The van der Waals surface area contributed by atoms with E-state index in [-0.39, 0.29) is 18.2 Å². The van der Waals surface area contributed by atoms with Crippen molar-refractivity contribution in [2.45, 2.75) is 26.3 Å². The number of benzene rings is 1. The van der Waals surface area contributed by atoms with Crippen LogP contribution in [0.5, 0.6) is 0 Å². The van der Waals surface area contributed by atoms with E-state index in [1.54, 1.807) is 4.90 Å². The number of carbonyl (C=O) groups is 2. The molecule has 1 fully saturated rings. The van der Waals surface area contributed by atoms with Crippen LogP contribution in [0, 0.1) is 12.8 Å². The zero-order valence-corrected chi connectivity index (χ0v) is 16.2. The quantitative estimate of drug-likeness (QED) is 0.662. The molecule has 0 radical (unpaired) electrons. The van der Waals surface area contributed by atoms with Crippen molar-refractivity contribution in [3.8, 4) is 0 Å². The van der Waals surface area contributed by atoms with Gasteiger partial charge in [0.05, 0.1) is 18.2 Å². The Morgan fingerprint density at radius 1 is 1.32 bits per heavy atom. The lowest BCUT2D eigenvalue weighted by molar-refractivity contribution is -0.126. The zero-order valence-electron chi connectivity index (χ0n) is 15.4. The van der Waals surface area contributed by atoms with Gasteiger partial charge in [-0.15, -0.1) is 10.2 Å². The smallest absolute Gasteiger partial charge is 0.229 e. The van der Waals surface area contributed by atoms with Gasteiger partial charge >= 0.3 is 0 Å². The van der Waals surface area contributed by atoms with E-state index in [4.69, 9.17) is 0 Å². The first-order valence-corrected chi connectivity index (χ1v) is 9.85. The maximum atomic E-state index is 12.4. The first kappa shape index (κ1) is 18.3. The van der Waals surface area contributed by atoms with E-state index >= 15 is 0 Å². The molecule has 2 aromatic heterocycles. The SMILES string of the molecule is Cc1cc(CNC(=O)C2CC(=O)N(c3nnc(Cc4ccccc4)s3)C2)n[nH]1. The lowest BCUT2D eigenvalue weighted by Crippen LogP contribution is -2.32. The van der Waals surface area contributed by atoms with Crippen molar-refractivity contribution in [3.63, 3.8) is 0 Å². The van der Waals surface area contributed by atoms with Crippen LogP contribution in [0.2, 0.25) is 0 Å². The molecule has 2 amide bonds. The largest absolute Gasteiger partial charge is 0.350 e. The number of nitrogens with one attached hydrogen (secondary N) is 2. The van der Waals surface area contributed by atoms with E-state index in [1.807, 2.05) is 43.3 Å².